The molecule has 140 valence electrons. The van der Waals surface area contributed by atoms with E-state index in [0.717, 1.165) is 45.6 Å². The molecule has 3 rings (SSSR count). The molecule has 0 saturated carbocycles. The van der Waals surface area contributed by atoms with Gasteiger partial charge in [0.15, 0.2) is 0 Å². The molecule has 2 fully saturated rings. The maximum atomic E-state index is 12.5. The van der Waals surface area contributed by atoms with Crippen molar-refractivity contribution in [3.05, 3.63) is 29.8 Å². The first-order chi connectivity index (χ1) is 12.5. The number of nitrogens with one attached hydrogen (secondary N) is 1. The van der Waals surface area contributed by atoms with Gasteiger partial charge < -0.3 is 15.0 Å². The Morgan fingerprint density at radius 2 is 1.88 bits per heavy atom. The number of hydrogen-bond donors (Lipinski definition) is 1. The summed E-state index contributed by atoms with van der Waals surface area (Å²) in [6.07, 6.45) is 2.63. The molecule has 1 N–H and O–H groups in total. The Morgan fingerprint density at radius 3 is 2.54 bits per heavy atom. The Labute approximate surface area is 155 Å². The van der Waals surface area contributed by atoms with E-state index < -0.39 is 0 Å². The van der Waals surface area contributed by atoms with Gasteiger partial charge in [-0.05, 0) is 44.7 Å². The van der Waals surface area contributed by atoms with Crippen molar-refractivity contribution < 1.29 is 9.53 Å². The first-order valence-electron chi connectivity index (χ1n) is 9.48. The van der Waals surface area contributed by atoms with Gasteiger partial charge in [0.2, 0.25) is 0 Å². The Hall–Kier alpha value is -2.10. The molecule has 0 spiro atoms. The van der Waals surface area contributed by atoms with Crippen LogP contribution in [0.1, 0.15) is 32.3 Å². The van der Waals surface area contributed by atoms with Crippen molar-refractivity contribution in [2.24, 2.45) is 5.92 Å². The molecule has 2 aliphatic heterocycles. The summed E-state index contributed by atoms with van der Waals surface area (Å²) in [6.45, 7) is 8.88. The van der Waals surface area contributed by atoms with Crippen LogP contribution in [0.3, 0.4) is 0 Å². The van der Waals surface area contributed by atoms with Crippen LogP contribution in [0.15, 0.2) is 24.3 Å². The average molecular weight is 356 g/mol. The smallest absolute Gasteiger partial charge is 0.321 e. The number of benzene rings is 1. The van der Waals surface area contributed by atoms with Gasteiger partial charge in [-0.25, -0.2) is 4.79 Å². The van der Waals surface area contributed by atoms with Crippen LogP contribution < -0.4 is 5.32 Å². The number of rotatable bonds is 3. The summed E-state index contributed by atoms with van der Waals surface area (Å²) < 4.78 is 5.80. The minimum absolute atomic E-state index is 0.111. The van der Waals surface area contributed by atoms with Crippen LogP contribution in [0.25, 0.3) is 0 Å². The molecule has 0 aliphatic carbocycles. The number of ether oxygens (including phenoxy) is 1. The zero-order chi connectivity index (χ0) is 18.5. The molecule has 26 heavy (non-hydrogen) atoms. The molecular formula is C20H28N4O2. The summed E-state index contributed by atoms with van der Waals surface area (Å²) in [5.41, 5.74) is 1.07. The summed E-state index contributed by atoms with van der Waals surface area (Å²) in [4.78, 5) is 16.9. The second-order valence-corrected chi connectivity index (χ2v) is 7.49. The molecule has 0 aromatic heterocycles. The molecule has 2 atom stereocenters. The van der Waals surface area contributed by atoms with Crippen LogP contribution >= 0.6 is 0 Å². The fourth-order valence-corrected chi connectivity index (χ4v) is 4.00. The molecule has 6 nitrogen and oxygen atoms in total. The molecule has 6 heteroatoms. The highest BCUT2D eigenvalue weighted by Gasteiger charge is 2.28. The number of amides is 2. The number of anilines is 1. The highest BCUT2D eigenvalue weighted by molar-refractivity contribution is 5.90. The number of piperidine rings is 1. The number of para-hydroxylation sites is 1. The van der Waals surface area contributed by atoms with Crippen LogP contribution in [-0.2, 0) is 4.74 Å². The lowest BCUT2D eigenvalue weighted by Crippen LogP contribution is -2.49. The molecule has 2 heterocycles. The van der Waals surface area contributed by atoms with Gasteiger partial charge in [-0.15, -0.1) is 0 Å². The lowest BCUT2D eigenvalue weighted by atomic mass is 9.96. The van der Waals surface area contributed by atoms with Crippen LogP contribution in [-0.4, -0.2) is 60.8 Å². The van der Waals surface area contributed by atoms with Gasteiger partial charge in [0.05, 0.1) is 23.5 Å². The first-order valence-corrected chi connectivity index (χ1v) is 9.48. The zero-order valence-corrected chi connectivity index (χ0v) is 15.6. The Morgan fingerprint density at radius 1 is 1.23 bits per heavy atom. The van der Waals surface area contributed by atoms with Gasteiger partial charge >= 0.3 is 6.03 Å². The summed E-state index contributed by atoms with van der Waals surface area (Å²) >= 11 is 0. The number of carbonyl (C=O) groups excluding carboxylic acids is 1. The molecule has 2 unspecified atom stereocenters. The topological polar surface area (TPSA) is 68.6 Å². The van der Waals surface area contributed by atoms with Gasteiger partial charge in [-0.2, -0.15) is 5.26 Å². The van der Waals surface area contributed by atoms with E-state index in [0.29, 0.717) is 29.4 Å². The van der Waals surface area contributed by atoms with Crippen molar-refractivity contribution in [1.82, 2.24) is 9.80 Å². The Bertz CT molecular complexity index is 654. The van der Waals surface area contributed by atoms with Gasteiger partial charge in [0.25, 0.3) is 0 Å². The summed E-state index contributed by atoms with van der Waals surface area (Å²) in [7, 11) is 0. The van der Waals surface area contributed by atoms with E-state index in [1.54, 1.807) is 18.2 Å². The van der Waals surface area contributed by atoms with Crippen molar-refractivity contribution in [2.45, 2.75) is 38.9 Å². The Balaban J connectivity index is 1.47. The monoisotopic (exact) mass is 356 g/mol. The summed E-state index contributed by atoms with van der Waals surface area (Å²) in [5, 5.41) is 12.0. The van der Waals surface area contributed by atoms with Crippen molar-refractivity contribution in [2.75, 3.05) is 38.0 Å². The van der Waals surface area contributed by atoms with Crippen molar-refractivity contribution >= 4 is 11.7 Å². The molecule has 1 aromatic rings. The van der Waals surface area contributed by atoms with Crippen LogP contribution in [0.2, 0.25) is 0 Å². The molecule has 0 bridgehead atoms. The minimum atomic E-state index is -0.111. The third kappa shape index (κ3) is 4.75. The van der Waals surface area contributed by atoms with E-state index in [2.05, 4.69) is 30.1 Å². The quantitative estimate of drug-likeness (QED) is 0.904. The first kappa shape index (κ1) is 18.7. The van der Waals surface area contributed by atoms with Crippen LogP contribution in [0.5, 0.6) is 0 Å². The fraction of sp³-hybridized carbons (Fsp3) is 0.600. The number of urea groups is 1. The van der Waals surface area contributed by atoms with Gasteiger partial charge in [0, 0.05) is 32.7 Å². The molecule has 2 amide bonds. The van der Waals surface area contributed by atoms with Gasteiger partial charge in [0.1, 0.15) is 6.07 Å². The maximum absolute atomic E-state index is 12.5. The molecule has 2 saturated heterocycles. The normalized spacial score (nSPS) is 24.9. The molecule has 2 aliphatic rings. The zero-order valence-electron chi connectivity index (χ0n) is 15.6. The number of hydrogen-bond acceptors (Lipinski definition) is 4. The number of nitriles is 1. The molecular weight excluding hydrogens is 328 g/mol. The second-order valence-electron chi connectivity index (χ2n) is 7.49. The standard InChI is InChI=1S/C20H28N4O2/c1-15-12-23(13-16(2)26-15)14-17-7-9-24(10-8-17)20(25)22-19-6-4-3-5-18(19)11-21/h3-6,15-17H,7-10,12-14H2,1-2H3,(H,22,25). The van der Waals surface area contributed by atoms with Gasteiger partial charge in [-0.1, -0.05) is 12.1 Å². The minimum Gasteiger partial charge on any atom is -0.373 e. The average Bonchev–Trinajstić information content (AvgIpc) is 2.62. The molecule has 0 radical (unpaired) electrons. The predicted molar refractivity (Wildman–Crippen MR) is 101 cm³/mol. The number of carbonyl (C=O) groups is 1. The van der Waals surface area contributed by atoms with E-state index in [-0.39, 0.29) is 6.03 Å². The predicted octanol–water partition coefficient (Wildman–Crippen LogP) is 2.91. The number of likely N-dealkylation sites (tertiary alicyclic amines) is 1. The van der Waals surface area contributed by atoms with Crippen LogP contribution in [0, 0.1) is 17.2 Å². The van der Waals surface area contributed by atoms with E-state index in [1.165, 1.54) is 0 Å². The lowest BCUT2D eigenvalue weighted by Gasteiger charge is -2.39. The summed E-state index contributed by atoms with van der Waals surface area (Å²) in [6, 6.07) is 9.11. The van der Waals surface area contributed by atoms with Crippen LogP contribution in [0.4, 0.5) is 10.5 Å². The third-order valence-corrected chi connectivity index (χ3v) is 5.20. The van der Waals surface area contributed by atoms with Crippen molar-refractivity contribution in [3.63, 3.8) is 0 Å². The number of nitrogens with zero attached hydrogens (tertiary/aromatic N) is 3. The highest BCUT2D eigenvalue weighted by atomic mass is 16.5. The van der Waals surface area contributed by atoms with E-state index in [4.69, 9.17) is 10.00 Å². The SMILES string of the molecule is CC1CN(CC2CCN(C(=O)Nc3ccccc3C#N)CC2)CC(C)O1. The maximum Gasteiger partial charge on any atom is 0.321 e. The third-order valence-electron chi connectivity index (χ3n) is 5.20. The van der Waals surface area contributed by atoms with E-state index >= 15 is 0 Å². The van der Waals surface area contributed by atoms with E-state index in [9.17, 15) is 4.79 Å². The van der Waals surface area contributed by atoms with Crippen molar-refractivity contribution in [1.29, 1.82) is 5.26 Å². The number of morpholine rings is 1. The molecule has 1 aromatic carbocycles. The highest BCUT2D eigenvalue weighted by Crippen LogP contribution is 2.22. The Kier molecular flexibility index (Phi) is 6.12. The largest absolute Gasteiger partial charge is 0.373 e. The van der Waals surface area contributed by atoms with Gasteiger partial charge in [-0.3, -0.25) is 4.90 Å². The summed E-state index contributed by atoms with van der Waals surface area (Å²) in [5.74, 6) is 0.628. The second kappa shape index (κ2) is 8.52. The van der Waals surface area contributed by atoms with E-state index in [1.807, 2.05) is 11.0 Å². The lowest BCUT2D eigenvalue weighted by molar-refractivity contribution is -0.0728. The fourth-order valence-electron chi connectivity index (χ4n) is 4.00. The van der Waals surface area contributed by atoms with Crippen molar-refractivity contribution in [3.8, 4) is 6.07 Å².